The van der Waals surface area contributed by atoms with E-state index in [4.69, 9.17) is 9.47 Å². The first-order valence-corrected chi connectivity index (χ1v) is 16.0. The molecule has 4 heteroatoms. The van der Waals surface area contributed by atoms with Crippen LogP contribution in [0.2, 0.25) is 0 Å². The second-order valence-electron chi connectivity index (χ2n) is 17.1. The van der Waals surface area contributed by atoms with Gasteiger partial charge in [-0.15, -0.1) is 0 Å². The summed E-state index contributed by atoms with van der Waals surface area (Å²) >= 11 is 0. The topological polar surface area (TPSA) is 58.9 Å². The predicted molar refractivity (Wildman–Crippen MR) is 160 cm³/mol. The number of fused-ring (bicyclic) bond motifs is 5. The van der Waals surface area contributed by atoms with Gasteiger partial charge in [-0.3, -0.25) is 0 Å². The molecule has 2 N–H and O–H groups in total. The number of aliphatic hydroxyl groups excluding tert-OH is 1. The van der Waals surface area contributed by atoms with E-state index in [0.717, 1.165) is 25.7 Å². The Hall–Kier alpha value is -0.420. The average Bonchev–Trinajstić information content (AvgIpc) is 3.06. The zero-order chi connectivity index (χ0) is 29.4. The molecule has 226 valence electrons. The van der Waals surface area contributed by atoms with E-state index in [-0.39, 0.29) is 45.6 Å². The van der Waals surface area contributed by atoms with Crippen molar-refractivity contribution in [1.82, 2.24) is 0 Å². The summed E-state index contributed by atoms with van der Waals surface area (Å²) in [6, 6.07) is 0. The van der Waals surface area contributed by atoms with Gasteiger partial charge in [-0.2, -0.15) is 0 Å². The van der Waals surface area contributed by atoms with Crippen LogP contribution < -0.4 is 0 Å². The third kappa shape index (κ3) is 5.10. The lowest BCUT2D eigenvalue weighted by Crippen LogP contribution is -2.58. The molecule has 10 atom stereocenters. The van der Waals surface area contributed by atoms with Crippen LogP contribution in [-0.4, -0.2) is 46.8 Å². The SMILES string of the molecule is CO[C@@H]([C@@H](CC(C)[C@@H]1CC[C@]2(C)C3=CCC4C(C)(C)C(O)CC[C@]4(C)C3CC[C@@]12C)OC(C)(C)C)C(C)(C)O. The van der Waals surface area contributed by atoms with Gasteiger partial charge in [0.2, 0.25) is 0 Å². The highest BCUT2D eigenvalue weighted by Crippen LogP contribution is 2.73. The normalized spacial score (nSPS) is 42.6. The smallest absolute Gasteiger partial charge is 0.111 e. The van der Waals surface area contributed by atoms with E-state index in [9.17, 15) is 10.2 Å². The molecule has 0 aromatic rings. The van der Waals surface area contributed by atoms with Gasteiger partial charge in [-0.05, 0) is 131 Å². The second-order valence-corrected chi connectivity index (χ2v) is 17.1. The van der Waals surface area contributed by atoms with E-state index in [1.165, 1.54) is 25.7 Å². The lowest BCUT2D eigenvalue weighted by atomic mass is 9.41. The molecule has 0 radical (unpaired) electrons. The van der Waals surface area contributed by atoms with Crippen molar-refractivity contribution in [1.29, 1.82) is 0 Å². The van der Waals surface area contributed by atoms with Gasteiger partial charge in [0.05, 0.1) is 23.4 Å². The van der Waals surface area contributed by atoms with Crippen LogP contribution in [0.4, 0.5) is 0 Å². The first-order chi connectivity index (χ1) is 17.7. The molecule has 3 saturated carbocycles. The van der Waals surface area contributed by atoms with E-state index in [1.807, 2.05) is 13.8 Å². The Morgan fingerprint density at radius 3 is 2.18 bits per heavy atom. The largest absolute Gasteiger partial charge is 0.393 e. The molecule has 0 aromatic heterocycles. The van der Waals surface area contributed by atoms with Gasteiger partial charge in [-0.1, -0.05) is 53.2 Å². The number of aliphatic hydroxyl groups is 2. The van der Waals surface area contributed by atoms with Crippen molar-refractivity contribution >= 4 is 0 Å². The van der Waals surface area contributed by atoms with Gasteiger partial charge >= 0.3 is 0 Å². The van der Waals surface area contributed by atoms with E-state index in [0.29, 0.717) is 23.7 Å². The van der Waals surface area contributed by atoms with Gasteiger partial charge in [0.25, 0.3) is 0 Å². The minimum atomic E-state index is -0.975. The molecule has 0 saturated heterocycles. The molecule has 4 unspecified atom stereocenters. The predicted octanol–water partition coefficient (Wildman–Crippen LogP) is 7.95. The highest BCUT2D eigenvalue weighted by atomic mass is 16.6. The fraction of sp³-hybridized carbons (Fsp3) is 0.943. The molecule has 4 nitrogen and oxygen atoms in total. The number of hydrogen-bond acceptors (Lipinski definition) is 4. The van der Waals surface area contributed by atoms with E-state index in [2.05, 4.69) is 68.4 Å². The summed E-state index contributed by atoms with van der Waals surface area (Å²) in [4.78, 5) is 0. The molecule has 0 spiro atoms. The molecular weight excluding hydrogens is 484 g/mol. The van der Waals surface area contributed by atoms with Crippen LogP contribution in [0.15, 0.2) is 11.6 Å². The number of ether oxygens (including phenoxy) is 2. The number of allylic oxidation sites excluding steroid dienone is 2. The van der Waals surface area contributed by atoms with Gasteiger partial charge in [0.15, 0.2) is 0 Å². The molecule has 0 aliphatic heterocycles. The molecule has 0 bridgehead atoms. The van der Waals surface area contributed by atoms with Crippen molar-refractivity contribution in [3.8, 4) is 0 Å². The first-order valence-electron chi connectivity index (χ1n) is 16.0. The van der Waals surface area contributed by atoms with Gasteiger partial charge < -0.3 is 19.7 Å². The Morgan fingerprint density at radius 2 is 1.62 bits per heavy atom. The van der Waals surface area contributed by atoms with Gasteiger partial charge in [-0.25, -0.2) is 0 Å². The summed E-state index contributed by atoms with van der Waals surface area (Å²) in [5.41, 5.74) is 1.21. The minimum Gasteiger partial charge on any atom is -0.393 e. The number of methoxy groups -OCH3 is 1. The van der Waals surface area contributed by atoms with Crippen molar-refractivity contribution in [2.24, 2.45) is 45.3 Å². The molecule has 0 aromatic carbocycles. The third-order valence-electron chi connectivity index (χ3n) is 13.0. The molecule has 4 aliphatic rings. The highest BCUT2D eigenvalue weighted by Gasteiger charge is 2.65. The highest BCUT2D eigenvalue weighted by molar-refractivity contribution is 5.33. The molecule has 4 aliphatic carbocycles. The van der Waals surface area contributed by atoms with Crippen LogP contribution in [-0.2, 0) is 9.47 Å². The van der Waals surface area contributed by atoms with Crippen LogP contribution >= 0.6 is 0 Å². The molecule has 0 heterocycles. The van der Waals surface area contributed by atoms with Crippen molar-refractivity contribution in [2.75, 3.05) is 7.11 Å². The molecule has 0 amide bonds. The van der Waals surface area contributed by atoms with Crippen molar-refractivity contribution < 1.29 is 19.7 Å². The second kappa shape index (κ2) is 10.1. The average molecular weight is 547 g/mol. The zero-order valence-electron chi connectivity index (χ0n) is 27.5. The third-order valence-corrected chi connectivity index (χ3v) is 13.0. The maximum absolute atomic E-state index is 11.0. The molecular formula is C35H62O4. The van der Waals surface area contributed by atoms with Crippen LogP contribution in [0, 0.1) is 45.3 Å². The fourth-order valence-electron chi connectivity index (χ4n) is 10.8. The molecule has 3 fully saturated rings. The molecule has 4 rings (SSSR count). The van der Waals surface area contributed by atoms with Crippen molar-refractivity contribution in [2.45, 2.75) is 157 Å². The summed E-state index contributed by atoms with van der Waals surface area (Å²) in [5.74, 6) is 2.27. The van der Waals surface area contributed by atoms with Crippen LogP contribution in [0.25, 0.3) is 0 Å². The van der Waals surface area contributed by atoms with Crippen molar-refractivity contribution in [3.05, 3.63) is 11.6 Å². The molecule has 39 heavy (non-hydrogen) atoms. The summed E-state index contributed by atoms with van der Waals surface area (Å²) in [6.07, 6.45) is 11.1. The van der Waals surface area contributed by atoms with E-state index < -0.39 is 5.60 Å². The van der Waals surface area contributed by atoms with E-state index >= 15 is 0 Å². The van der Waals surface area contributed by atoms with Crippen LogP contribution in [0.3, 0.4) is 0 Å². The Morgan fingerprint density at radius 1 is 0.974 bits per heavy atom. The van der Waals surface area contributed by atoms with E-state index in [1.54, 1.807) is 12.7 Å². The summed E-state index contributed by atoms with van der Waals surface area (Å²) in [6.45, 7) is 24.8. The summed E-state index contributed by atoms with van der Waals surface area (Å²) in [5, 5.41) is 21.9. The monoisotopic (exact) mass is 546 g/mol. The zero-order valence-corrected chi connectivity index (χ0v) is 27.5. The Balaban J connectivity index is 1.62. The first kappa shape index (κ1) is 31.5. The summed E-state index contributed by atoms with van der Waals surface area (Å²) < 4.78 is 12.5. The van der Waals surface area contributed by atoms with Crippen molar-refractivity contribution in [3.63, 3.8) is 0 Å². The maximum Gasteiger partial charge on any atom is 0.111 e. The van der Waals surface area contributed by atoms with Gasteiger partial charge in [0.1, 0.15) is 6.10 Å². The number of rotatable bonds is 7. The maximum atomic E-state index is 11.0. The lowest BCUT2D eigenvalue weighted by Gasteiger charge is -2.64. The van der Waals surface area contributed by atoms with Gasteiger partial charge in [0, 0.05) is 7.11 Å². The van der Waals surface area contributed by atoms with Crippen LogP contribution in [0.5, 0.6) is 0 Å². The fourth-order valence-corrected chi connectivity index (χ4v) is 10.8. The Bertz CT molecular complexity index is 924. The quantitative estimate of drug-likeness (QED) is 0.318. The summed E-state index contributed by atoms with van der Waals surface area (Å²) in [7, 11) is 1.70. The number of hydrogen-bond donors (Lipinski definition) is 2. The minimum absolute atomic E-state index is 0.0240. The Kier molecular flexibility index (Phi) is 8.16. The standard InChI is InChI=1S/C35H62O4/c1-22(21-26(39-30(2,3)4)29(38-12)32(7,8)37)23-15-19-35(11)25-13-14-27-31(5,6)28(36)17-18-33(27,9)24(25)16-20-34(23,35)10/h13,22-24,26-29,36-37H,14-21H2,1-12H3/t22?,23-,24?,26+,27?,28?,29-,33+,34-,35+/m0/s1. The lowest BCUT2D eigenvalue weighted by molar-refractivity contribution is -0.181. The van der Waals surface area contributed by atoms with Crippen LogP contribution in [0.1, 0.15) is 128 Å². The Labute approximate surface area is 240 Å².